The van der Waals surface area contributed by atoms with E-state index in [1.54, 1.807) is 25.7 Å². The Morgan fingerprint density at radius 3 is 1.98 bits per heavy atom. The molecule has 2 heterocycles. The van der Waals surface area contributed by atoms with Crippen molar-refractivity contribution in [3.63, 3.8) is 0 Å². The van der Waals surface area contributed by atoms with Crippen molar-refractivity contribution in [1.29, 1.82) is 0 Å². The largest absolute Gasteiger partial charge is 0.461 e. The third kappa shape index (κ3) is 8.02. The van der Waals surface area contributed by atoms with Gasteiger partial charge in [0.25, 0.3) is 11.8 Å². The van der Waals surface area contributed by atoms with Crippen LogP contribution < -0.4 is 10.6 Å². The maximum atomic E-state index is 14.7. The minimum absolute atomic E-state index is 0.114. The van der Waals surface area contributed by atoms with Gasteiger partial charge in [0.15, 0.2) is 0 Å². The first-order valence-electron chi connectivity index (χ1n) is 15.6. The molecular weight excluding hydrogens is 647 g/mol. The maximum Gasteiger partial charge on any atom is 0.461 e. The van der Waals surface area contributed by atoms with E-state index in [0.29, 0.717) is 51.6 Å². The molecule has 0 aliphatic carbocycles. The number of imide groups is 1. The molecule has 2 aliphatic heterocycles. The Balaban J connectivity index is 1.95. The Hall–Kier alpha value is -3.92. The van der Waals surface area contributed by atoms with E-state index < -0.39 is 75.8 Å². The molecule has 2 saturated heterocycles. The van der Waals surface area contributed by atoms with Crippen LogP contribution in [0, 0.1) is 11.8 Å². The van der Waals surface area contributed by atoms with Gasteiger partial charge in [-0.3, -0.25) is 19.7 Å². The van der Waals surface area contributed by atoms with E-state index in [0.717, 1.165) is 0 Å². The second-order valence-corrected chi connectivity index (χ2v) is 12.6. The van der Waals surface area contributed by atoms with Crippen LogP contribution in [0.3, 0.4) is 0 Å². The van der Waals surface area contributed by atoms with Gasteiger partial charge in [0.2, 0.25) is 5.76 Å². The molecule has 3 rings (SSSR count). The summed E-state index contributed by atoms with van der Waals surface area (Å²) in [5.41, 5.74) is -0.558. The number of morpholine rings is 1. The number of urea groups is 1. The molecule has 0 bridgehead atoms. The average molecular weight is 690 g/mol. The molecule has 0 saturated carbocycles. The highest BCUT2D eigenvalue weighted by Gasteiger charge is 2.64. The molecule has 1 unspecified atom stereocenters. The highest BCUT2D eigenvalue weighted by Crippen LogP contribution is 2.43. The lowest BCUT2D eigenvalue weighted by atomic mass is 9.99. The quantitative estimate of drug-likeness (QED) is 0.165. The number of carbonyl (C=O) groups is 5. The molecule has 1 aromatic carbocycles. The number of likely N-dealkylation sites (tertiary alicyclic amines) is 1. The zero-order valence-electron chi connectivity index (χ0n) is 27.7. The number of amides is 5. The van der Waals surface area contributed by atoms with Crippen LogP contribution in [0.25, 0.3) is 0 Å². The second-order valence-electron chi connectivity index (χ2n) is 12.6. The summed E-state index contributed by atoms with van der Waals surface area (Å²) >= 11 is 0. The Morgan fingerprint density at radius 2 is 1.52 bits per heavy atom. The molecule has 0 radical (unpaired) electrons. The van der Waals surface area contributed by atoms with E-state index >= 15 is 0 Å². The van der Waals surface area contributed by atoms with Crippen molar-refractivity contribution >= 4 is 29.7 Å². The van der Waals surface area contributed by atoms with Gasteiger partial charge >= 0.3 is 30.0 Å². The van der Waals surface area contributed by atoms with Crippen LogP contribution in [0.5, 0.6) is 0 Å². The number of ether oxygens (including phenoxy) is 2. The maximum absolute atomic E-state index is 14.7. The lowest BCUT2D eigenvalue weighted by Gasteiger charge is -2.37. The van der Waals surface area contributed by atoms with Crippen LogP contribution in [-0.4, -0.2) is 96.1 Å². The van der Waals surface area contributed by atoms with Crippen LogP contribution in [0.4, 0.5) is 26.7 Å². The first kappa shape index (κ1) is 38.5. The van der Waals surface area contributed by atoms with E-state index in [9.17, 15) is 45.9 Å². The number of rotatable bonds is 9. The number of alkyl halides is 5. The van der Waals surface area contributed by atoms with Crippen molar-refractivity contribution in [1.82, 2.24) is 15.5 Å². The topological polar surface area (TPSA) is 131 Å². The number of hydrogen-bond donors (Lipinski definition) is 2. The van der Waals surface area contributed by atoms with Crippen molar-refractivity contribution in [2.45, 2.75) is 78.6 Å². The smallest absolute Gasteiger partial charge is 0.422 e. The summed E-state index contributed by atoms with van der Waals surface area (Å²) in [6, 6.07) is 2.52. The summed E-state index contributed by atoms with van der Waals surface area (Å²) in [5, 5.41) is 4.74. The first-order valence-corrected chi connectivity index (χ1v) is 15.6. The summed E-state index contributed by atoms with van der Waals surface area (Å²) in [5.74, 6) is -12.8. The van der Waals surface area contributed by atoms with Gasteiger partial charge in [-0.1, -0.05) is 27.7 Å². The minimum atomic E-state index is -6.17. The highest BCUT2D eigenvalue weighted by molar-refractivity contribution is 6.00. The summed E-state index contributed by atoms with van der Waals surface area (Å²) in [6.45, 7) is 9.39. The molecule has 48 heavy (non-hydrogen) atoms. The van der Waals surface area contributed by atoms with Crippen molar-refractivity contribution in [2.75, 3.05) is 32.8 Å². The average Bonchev–Trinajstić information content (AvgIpc) is 3.42. The number of nitrogens with one attached hydrogen (secondary N) is 2. The summed E-state index contributed by atoms with van der Waals surface area (Å²) in [7, 11) is 0. The zero-order chi connectivity index (χ0) is 36.2. The monoisotopic (exact) mass is 689 g/mol. The number of benzene rings is 1. The molecule has 3 atom stereocenters. The number of allylic oxidation sites excluding steroid dienone is 2. The molecule has 11 nitrogen and oxygen atoms in total. The molecule has 266 valence electrons. The third-order valence-corrected chi connectivity index (χ3v) is 8.50. The fraction of sp³-hybridized carbons (Fsp3) is 0.594. The second kappa shape index (κ2) is 15.1. The minimum Gasteiger partial charge on any atom is -0.422 e. The third-order valence-electron chi connectivity index (χ3n) is 8.50. The predicted molar refractivity (Wildman–Crippen MR) is 161 cm³/mol. The lowest BCUT2D eigenvalue weighted by Crippen LogP contribution is -2.68. The van der Waals surface area contributed by atoms with Gasteiger partial charge in [0, 0.05) is 44.0 Å². The summed E-state index contributed by atoms with van der Waals surface area (Å²) in [4.78, 5) is 67.7. The van der Waals surface area contributed by atoms with Crippen LogP contribution in [0.15, 0.2) is 35.7 Å². The number of carbonyl (C=O) groups excluding carboxylic acids is 5. The molecule has 2 N–H and O–H groups in total. The number of nitrogens with zero attached hydrogens (tertiary/aromatic N) is 2. The number of hydrogen-bond acceptors (Lipinski definition) is 7. The van der Waals surface area contributed by atoms with E-state index in [4.69, 9.17) is 4.74 Å². The SMILES string of the molecule is CC(=O)OC(=C(NC(=O)[N+]1(C(=O)[C@@H](NC(=O)c2ccc(C(=O)N3CCOCC3)cc2)C(C)C)CCC[C@H]1C)C(C)C)C(F)(F)C(F)(F)F. The Kier molecular flexibility index (Phi) is 12.1. The fourth-order valence-corrected chi connectivity index (χ4v) is 5.74. The molecule has 1 aromatic rings. The van der Waals surface area contributed by atoms with Gasteiger partial charge in [-0.15, -0.1) is 0 Å². The fourth-order valence-electron chi connectivity index (χ4n) is 5.74. The molecule has 16 heteroatoms. The first-order chi connectivity index (χ1) is 22.2. The molecule has 0 aromatic heterocycles. The highest BCUT2D eigenvalue weighted by atomic mass is 19.4. The van der Waals surface area contributed by atoms with Crippen LogP contribution in [0.1, 0.15) is 75.1 Å². The van der Waals surface area contributed by atoms with Gasteiger partial charge < -0.3 is 19.7 Å². The van der Waals surface area contributed by atoms with Gasteiger partial charge in [-0.05, 0) is 43.0 Å². The summed E-state index contributed by atoms with van der Waals surface area (Å²) in [6.07, 6.45) is -5.52. The van der Waals surface area contributed by atoms with Crippen LogP contribution in [-0.2, 0) is 19.1 Å². The van der Waals surface area contributed by atoms with E-state index in [2.05, 4.69) is 15.4 Å². The van der Waals surface area contributed by atoms with Crippen molar-refractivity contribution in [3.05, 3.63) is 46.8 Å². The van der Waals surface area contributed by atoms with Gasteiger partial charge in [0.1, 0.15) is 12.1 Å². The molecule has 2 aliphatic rings. The number of quaternary nitrogens is 1. The van der Waals surface area contributed by atoms with E-state index in [1.807, 2.05) is 0 Å². The standard InChI is InChI=1S/C32H41F5N4O7/c1-18(2)24(26(48-21(6)42)31(33,34)32(35,36)37)39-30(46)41(15-7-8-20(41)5)29(45)25(19(3)4)38-27(43)22-9-11-23(12-10-22)28(44)40-13-16-47-17-14-40/h9-12,18-20,25H,7-8,13-17H2,1-6H3,(H-,38,39,43,46)/p+1/t20-,25+,41?/m1/s1. The summed E-state index contributed by atoms with van der Waals surface area (Å²) < 4.78 is 78.3. The van der Waals surface area contributed by atoms with Crippen LogP contribution >= 0.6 is 0 Å². The van der Waals surface area contributed by atoms with Gasteiger partial charge in [-0.2, -0.15) is 26.4 Å². The van der Waals surface area contributed by atoms with Crippen LogP contribution in [0.2, 0.25) is 0 Å². The Bertz CT molecular complexity index is 1420. The molecule has 0 spiro atoms. The van der Waals surface area contributed by atoms with Crippen molar-refractivity contribution in [3.8, 4) is 0 Å². The number of esters is 1. The Labute approximate surface area is 275 Å². The van der Waals surface area contributed by atoms with Gasteiger partial charge in [0.05, 0.1) is 25.5 Å². The molecule has 2 fully saturated rings. The molecular formula is C32H42F5N4O7+. The normalized spacial score (nSPS) is 21.4. The Morgan fingerprint density at radius 1 is 0.958 bits per heavy atom. The van der Waals surface area contributed by atoms with E-state index in [-0.39, 0.29) is 18.0 Å². The van der Waals surface area contributed by atoms with Crippen molar-refractivity contribution in [2.24, 2.45) is 11.8 Å². The van der Waals surface area contributed by atoms with E-state index in [1.165, 1.54) is 38.1 Å². The van der Waals surface area contributed by atoms with Crippen molar-refractivity contribution < 1.29 is 59.9 Å². The number of halogens is 5. The zero-order valence-corrected chi connectivity index (χ0v) is 27.7. The lowest BCUT2D eigenvalue weighted by molar-refractivity contribution is -0.785. The predicted octanol–water partition coefficient (Wildman–Crippen LogP) is 4.78. The molecule has 5 amide bonds. The van der Waals surface area contributed by atoms with Gasteiger partial charge in [-0.25, -0.2) is 9.59 Å².